The SMILES string of the molecule is Cc1c(C(=O)Nc2nn(Cc3c(F)cccc3Cl)cc2Br)c(-c2ccccc2)nn1-c1ccccc1. The monoisotopic (exact) mass is 563 g/mol. The molecule has 0 fully saturated rings. The van der Waals surface area contributed by atoms with Gasteiger partial charge in [0.1, 0.15) is 11.5 Å². The number of anilines is 1. The first-order valence-corrected chi connectivity index (χ1v) is 12.3. The lowest BCUT2D eigenvalue weighted by Crippen LogP contribution is -2.15. The lowest BCUT2D eigenvalue weighted by molar-refractivity contribution is 0.102. The molecule has 3 aromatic carbocycles. The Kier molecular flexibility index (Phi) is 6.71. The normalized spacial score (nSPS) is 11.0. The second kappa shape index (κ2) is 10.1. The summed E-state index contributed by atoms with van der Waals surface area (Å²) >= 11 is 9.61. The van der Waals surface area contributed by atoms with Crippen molar-refractivity contribution in [3.05, 3.63) is 117 Å². The van der Waals surface area contributed by atoms with Crippen LogP contribution in [0.2, 0.25) is 5.02 Å². The fraction of sp³-hybridized carbons (Fsp3) is 0.0741. The molecule has 2 aromatic heterocycles. The highest BCUT2D eigenvalue weighted by atomic mass is 79.9. The van der Waals surface area contributed by atoms with Gasteiger partial charge in [-0.2, -0.15) is 10.2 Å². The molecule has 0 saturated carbocycles. The van der Waals surface area contributed by atoms with Crippen molar-refractivity contribution in [2.24, 2.45) is 0 Å². The number of halogens is 3. The van der Waals surface area contributed by atoms with Gasteiger partial charge in [0.2, 0.25) is 0 Å². The minimum absolute atomic E-state index is 0.111. The van der Waals surface area contributed by atoms with Crippen molar-refractivity contribution in [2.75, 3.05) is 5.32 Å². The third kappa shape index (κ3) is 4.69. The quantitative estimate of drug-likeness (QED) is 0.244. The first-order chi connectivity index (χ1) is 17.4. The second-order valence-corrected chi connectivity index (χ2v) is 9.36. The van der Waals surface area contributed by atoms with E-state index in [1.54, 1.807) is 23.0 Å². The van der Waals surface area contributed by atoms with E-state index in [4.69, 9.17) is 16.7 Å². The van der Waals surface area contributed by atoms with E-state index < -0.39 is 5.82 Å². The highest BCUT2D eigenvalue weighted by Gasteiger charge is 2.24. The van der Waals surface area contributed by atoms with Gasteiger partial charge < -0.3 is 5.32 Å². The number of para-hydroxylation sites is 1. The van der Waals surface area contributed by atoms with Gasteiger partial charge in [-0.25, -0.2) is 9.07 Å². The molecular formula is C27H20BrClFN5O. The molecule has 0 unspecified atom stereocenters. The number of carbonyl (C=O) groups excluding carboxylic acids is 1. The standard InChI is InChI=1S/C27H20BrClFN5O/c1-17-24(25(18-9-4-2-5-10-18)32-35(17)19-11-6-3-7-12-19)27(36)31-26-21(28)16-34(33-26)15-20-22(29)13-8-14-23(20)30/h2-14,16H,15H2,1H3,(H,31,33,36). The number of hydrogen-bond donors (Lipinski definition) is 1. The van der Waals surface area contributed by atoms with Crippen LogP contribution in [-0.2, 0) is 6.54 Å². The fourth-order valence-corrected chi connectivity index (χ4v) is 4.61. The zero-order valence-electron chi connectivity index (χ0n) is 19.1. The van der Waals surface area contributed by atoms with Crippen LogP contribution in [0.4, 0.5) is 10.2 Å². The number of amides is 1. The van der Waals surface area contributed by atoms with Crippen LogP contribution in [0.25, 0.3) is 16.9 Å². The Hall–Kier alpha value is -3.75. The summed E-state index contributed by atoms with van der Waals surface area (Å²) in [6, 6.07) is 23.7. The summed E-state index contributed by atoms with van der Waals surface area (Å²) in [7, 11) is 0. The Morgan fingerprint density at radius 2 is 1.69 bits per heavy atom. The summed E-state index contributed by atoms with van der Waals surface area (Å²) in [4.78, 5) is 13.6. The van der Waals surface area contributed by atoms with Crippen molar-refractivity contribution in [3.8, 4) is 16.9 Å². The number of rotatable bonds is 6. The van der Waals surface area contributed by atoms with E-state index in [9.17, 15) is 9.18 Å². The lowest BCUT2D eigenvalue weighted by Gasteiger charge is -2.07. The van der Waals surface area contributed by atoms with E-state index >= 15 is 0 Å². The summed E-state index contributed by atoms with van der Waals surface area (Å²) in [6.45, 7) is 1.97. The average molecular weight is 565 g/mol. The largest absolute Gasteiger partial charge is 0.304 e. The molecule has 0 atom stereocenters. The molecule has 0 radical (unpaired) electrons. The maximum atomic E-state index is 14.3. The predicted molar refractivity (Wildman–Crippen MR) is 142 cm³/mol. The van der Waals surface area contributed by atoms with Gasteiger partial charge in [0, 0.05) is 22.3 Å². The molecule has 0 saturated heterocycles. The van der Waals surface area contributed by atoms with Crippen LogP contribution in [0.1, 0.15) is 21.6 Å². The van der Waals surface area contributed by atoms with Crippen LogP contribution in [0.5, 0.6) is 0 Å². The zero-order valence-corrected chi connectivity index (χ0v) is 21.5. The highest BCUT2D eigenvalue weighted by molar-refractivity contribution is 9.10. The van der Waals surface area contributed by atoms with Crippen molar-refractivity contribution >= 4 is 39.3 Å². The van der Waals surface area contributed by atoms with Crippen molar-refractivity contribution in [1.29, 1.82) is 0 Å². The summed E-state index contributed by atoms with van der Waals surface area (Å²) in [5.74, 6) is -0.474. The van der Waals surface area contributed by atoms with E-state index in [1.807, 2.05) is 67.6 Å². The van der Waals surface area contributed by atoms with Gasteiger partial charge in [0.25, 0.3) is 5.91 Å². The lowest BCUT2D eigenvalue weighted by atomic mass is 10.1. The second-order valence-electron chi connectivity index (χ2n) is 8.10. The maximum absolute atomic E-state index is 14.3. The van der Waals surface area contributed by atoms with Gasteiger partial charge in [0.15, 0.2) is 5.82 Å². The average Bonchev–Trinajstić information content (AvgIpc) is 3.41. The Balaban J connectivity index is 1.50. The molecule has 9 heteroatoms. The van der Waals surface area contributed by atoms with Gasteiger partial charge in [-0.15, -0.1) is 0 Å². The molecule has 180 valence electrons. The molecule has 5 rings (SSSR count). The number of nitrogens with zero attached hydrogens (tertiary/aromatic N) is 4. The molecule has 2 heterocycles. The molecule has 1 amide bonds. The van der Waals surface area contributed by atoms with Crippen molar-refractivity contribution in [1.82, 2.24) is 19.6 Å². The first kappa shape index (κ1) is 24.0. The summed E-state index contributed by atoms with van der Waals surface area (Å²) in [5.41, 5.74) is 3.66. The molecule has 0 aliphatic carbocycles. The molecule has 0 aliphatic heterocycles. The summed E-state index contributed by atoms with van der Waals surface area (Å²) in [5, 5.41) is 12.4. The van der Waals surface area contributed by atoms with E-state index in [0.29, 0.717) is 37.8 Å². The van der Waals surface area contributed by atoms with Crippen LogP contribution in [0, 0.1) is 12.7 Å². The molecular weight excluding hydrogens is 545 g/mol. The molecule has 0 bridgehead atoms. The predicted octanol–water partition coefficient (Wildman–Crippen LogP) is 6.90. The van der Waals surface area contributed by atoms with E-state index in [0.717, 1.165) is 11.3 Å². The van der Waals surface area contributed by atoms with E-state index in [2.05, 4.69) is 26.3 Å². The molecule has 0 spiro atoms. The van der Waals surface area contributed by atoms with Gasteiger partial charge in [0.05, 0.1) is 28.0 Å². The molecule has 1 N–H and O–H groups in total. The number of benzene rings is 3. The van der Waals surface area contributed by atoms with Gasteiger partial charge in [-0.05, 0) is 47.1 Å². The molecule has 6 nitrogen and oxygen atoms in total. The van der Waals surface area contributed by atoms with Crippen molar-refractivity contribution in [3.63, 3.8) is 0 Å². The smallest absolute Gasteiger partial charge is 0.261 e. The maximum Gasteiger partial charge on any atom is 0.261 e. The minimum atomic E-state index is -0.420. The van der Waals surface area contributed by atoms with Crippen LogP contribution in [-0.4, -0.2) is 25.5 Å². The van der Waals surface area contributed by atoms with Gasteiger partial charge >= 0.3 is 0 Å². The summed E-state index contributed by atoms with van der Waals surface area (Å²) in [6.07, 6.45) is 1.66. The Bertz CT molecular complexity index is 1530. The molecule has 36 heavy (non-hydrogen) atoms. The number of hydrogen-bond acceptors (Lipinski definition) is 3. The summed E-state index contributed by atoms with van der Waals surface area (Å²) < 4.78 is 18.1. The van der Waals surface area contributed by atoms with Crippen LogP contribution >= 0.6 is 27.5 Å². The third-order valence-electron chi connectivity index (χ3n) is 5.72. The Morgan fingerprint density at radius 1 is 1.00 bits per heavy atom. The van der Waals surface area contributed by atoms with Crippen LogP contribution < -0.4 is 5.32 Å². The minimum Gasteiger partial charge on any atom is -0.304 e. The van der Waals surface area contributed by atoms with Crippen molar-refractivity contribution < 1.29 is 9.18 Å². The molecule has 5 aromatic rings. The van der Waals surface area contributed by atoms with E-state index in [-0.39, 0.29) is 12.5 Å². The molecule has 0 aliphatic rings. The highest BCUT2D eigenvalue weighted by Crippen LogP contribution is 2.29. The number of carbonyl (C=O) groups is 1. The zero-order chi connectivity index (χ0) is 25.2. The van der Waals surface area contributed by atoms with E-state index in [1.165, 1.54) is 10.7 Å². The Morgan fingerprint density at radius 3 is 2.39 bits per heavy atom. The van der Waals surface area contributed by atoms with Crippen LogP contribution in [0.15, 0.2) is 89.5 Å². The van der Waals surface area contributed by atoms with Gasteiger partial charge in [-0.3, -0.25) is 9.48 Å². The topological polar surface area (TPSA) is 64.7 Å². The number of aromatic nitrogens is 4. The first-order valence-electron chi connectivity index (χ1n) is 11.1. The van der Waals surface area contributed by atoms with Gasteiger partial charge in [-0.1, -0.05) is 66.2 Å². The van der Waals surface area contributed by atoms with Crippen molar-refractivity contribution in [2.45, 2.75) is 13.5 Å². The van der Waals surface area contributed by atoms with Crippen LogP contribution in [0.3, 0.4) is 0 Å². The Labute approximate surface area is 220 Å². The third-order valence-corrected chi connectivity index (χ3v) is 6.66. The number of nitrogens with one attached hydrogen (secondary N) is 1. The fourth-order valence-electron chi connectivity index (χ4n) is 3.97.